The monoisotopic (exact) mass is 893 g/mol. The molecule has 0 saturated carbocycles. The summed E-state index contributed by atoms with van der Waals surface area (Å²) >= 11 is 0. The molecule has 63 heavy (non-hydrogen) atoms. The number of halogens is 6. The minimum absolute atomic E-state index is 0.00794. The number of hydrogen-bond donors (Lipinski definition) is 6. The first kappa shape index (κ1) is 45.6. The zero-order chi connectivity index (χ0) is 44.9. The van der Waals surface area contributed by atoms with Gasteiger partial charge in [0.25, 0.3) is 0 Å². The van der Waals surface area contributed by atoms with Gasteiger partial charge in [0, 0.05) is 51.8 Å². The third-order valence-corrected chi connectivity index (χ3v) is 11.6. The molecule has 0 bridgehead atoms. The maximum absolute atomic E-state index is 14.1. The first-order valence-electron chi connectivity index (χ1n) is 20.8. The molecule has 0 spiro atoms. The topological polar surface area (TPSA) is 216 Å². The van der Waals surface area contributed by atoms with Crippen molar-refractivity contribution in [1.29, 1.82) is 0 Å². The van der Waals surface area contributed by atoms with Gasteiger partial charge in [0.2, 0.25) is 17.6 Å². The van der Waals surface area contributed by atoms with Gasteiger partial charge >= 0.3 is 12.4 Å². The number of ether oxygens (including phenoxy) is 1. The zero-order valence-electron chi connectivity index (χ0n) is 34.0. The van der Waals surface area contributed by atoms with Crippen molar-refractivity contribution in [3.8, 4) is 0 Å². The van der Waals surface area contributed by atoms with Gasteiger partial charge in [-0.05, 0) is 68.6 Å². The molecule has 5 atom stereocenters. The Labute approximate surface area is 357 Å². The summed E-state index contributed by atoms with van der Waals surface area (Å²) in [7, 11) is 0. The Hall–Kier alpha value is -5.39. The van der Waals surface area contributed by atoms with E-state index in [-0.39, 0.29) is 49.4 Å². The number of aliphatic hydroxyl groups excluding tert-OH is 3. The minimum atomic E-state index is -4.83. The van der Waals surface area contributed by atoms with Gasteiger partial charge in [0.05, 0.1) is 18.5 Å². The van der Waals surface area contributed by atoms with E-state index in [1.807, 2.05) is 0 Å². The quantitative estimate of drug-likeness (QED) is 0.0704. The lowest BCUT2D eigenvalue weighted by Crippen LogP contribution is -2.44. The Bertz CT molecular complexity index is 2190. The molecule has 6 N–H and O–H groups in total. The van der Waals surface area contributed by atoms with Crippen LogP contribution in [0.1, 0.15) is 68.1 Å². The molecular weight excluding hydrogens is 844 g/mol. The SMILES string of the molecule is O=C(CCCC1CCN(c2cc(N3CCC[C@H]3C(=O)NCCc3ccc(C(F)(F)F)cc3)nc(C(F)(F)F)n2)CC1)NCCNc1ncnc2c1ncn2C1OC(CO)C(O)C1O. The predicted molar refractivity (Wildman–Crippen MR) is 214 cm³/mol. The van der Waals surface area contributed by atoms with E-state index in [1.165, 1.54) is 35.4 Å². The molecule has 2 amide bonds. The fraction of sp³-hybridized carbons (Fsp3) is 0.575. The lowest BCUT2D eigenvalue weighted by molar-refractivity contribution is -0.144. The van der Waals surface area contributed by atoms with E-state index in [9.17, 15) is 51.3 Å². The van der Waals surface area contributed by atoms with Crippen LogP contribution in [0.5, 0.6) is 0 Å². The van der Waals surface area contributed by atoms with Crippen molar-refractivity contribution >= 4 is 40.4 Å². The molecule has 1 aromatic carbocycles. The number of nitrogens with zero attached hydrogens (tertiary/aromatic N) is 8. The number of carbonyl (C=O) groups excluding carboxylic acids is 2. The summed E-state index contributed by atoms with van der Waals surface area (Å²) in [5.41, 5.74) is 0.527. The van der Waals surface area contributed by atoms with Crippen LogP contribution >= 0.6 is 0 Å². The van der Waals surface area contributed by atoms with Crippen LogP contribution in [0.2, 0.25) is 0 Å². The van der Waals surface area contributed by atoms with Crippen molar-refractivity contribution in [3.05, 3.63) is 59.9 Å². The number of amides is 2. The lowest BCUT2D eigenvalue weighted by Gasteiger charge is -2.34. The van der Waals surface area contributed by atoms with Crippen molar-refractivity contribution in [3.63, 3.8) is 0 Å². The highest BCUT2D eigenvalue weighted by Crippen LogP contribution is 2.36. The number of anilines is 3. The molecular formula is C40H49F6N11O6. The molecule has 3 aromatic heterocycles. The third-order valence-electron chi connectivity index (χ3n) is 11.6. The Kier molecular flexibility index (Phi) is 14.2. The summed E-state index contributed by atoms with van der Waals surface area (Å²) in [6.45, 7) is 1.45. The van der Waals surface area contributed by atoms with E-state index in [2.05, 4.69) is 40.9 Å². The van der Waals surface area contributed by atoms with E-state index in [0.29, 0.717) is 80.8 Å². The van der Waals surface area contributed by atoms with Crippen LogP contribution in [-0.4, -0.2) is 127 Å². The zero-order valence-corrected chi connectivity index (χ0v) is 34.0. The van der Waals surface area contributed by atoms with Gasteiger partial charge in [0.15, 0.2) is 23.2 Å². The normalized spacial score (nSPS) is 22.2. The molecule has 3 fully saturated rings. The number of rotatable bonds is 16. The van der Waals surface area contributed by atoms with Crippen LogP contribution in [0.3, 0.4) is 0 Å². The number of alkyl halides is 6. The van der Waals surface area contributed by atoms with Crippen molar-refractivity contribution in [1.82, 2.24) is 40.1 Å². The van der Waals surface area contributed by atoms with E-state index in [1.54, 1.807) is 9.80 Å². The molecule has 23 heteroatoms. The van der Waals surface area contributed by atoms with E-state index in [0.717, 1.165) is 18.6 Å². The maximum atomic E-state index is 14.1. The van der Waals surface area contributed by atoms with E-state index in [4.69, 9.17) is 4.74 Å². The lowest BCUT2D eigenvalue weighted by atomic mass is 9.91. The summed E-state index contributed by atoms with van der Waals surface area (Å²) in [5, 5.41) is 38.7. The number of aliphatic hydroxyl groups is 3. The molecule has 6 heterocycles. The van der Waals surface area contributed by atoms with Crippen molar-refractivity contribution in [2.75, 3.05) is 61.0 Å². The molecule has 17 nitrogen and oxygen atoms in total. The second kappa shape index (κ2) is 19.6. The Morgan fingerprint density at radius 1 is 0.857 bits per heavy atom. The van der Waals surface area contributed by atoms with Gasteiger partial charge < -0.3 is 45.8 Å². The molecule has 4 unspecified atom stereocenters. The second-order valence-electron chi connectivity index (χ2n) is 15.9. The molecule has 7 rings (SSSR count). The Morgan fingerprint density at radius 2 is 1.60 bits per heavy atom. The first-order chi connectivity index (χ1) is 30.1. The largest absolute Gasteiger partial charge is 0.451 e. The summed E-state index contributed by atoms with van der Waals surface area (Å²) in [6, 6.07) is 5.33. The number of piperidine rings is 1. The van der Waals surface area contributed by atoms with Crippen molar-refractivity contribution in [2.45, 2.75) is 94.3 Å². The summed E-state index contributed by atoms with van der Waals surface area (Å²) in [6.07, 6.45) is -6.96. The van der Waals surface area contributed by atoms with Crippen LogP contribution < -0.4 is 25.8 Å². The van der Waals surface area contributed by atoms with Gasteiger partial charge in [-0.2, -0.15) is 26.3 Å². The fourth-order valence-corrected chi connectivity index (χ4v) is 8.23. The van der Waals surface area contributed by atoms with Crippen molar-refractivity contribution in [2.24, 2.45) is 5.92 Å². The molecule has 4 aromatic rings. The van der Waals surface area contributed by atoms with Gasteiger partial charge in [-0.25, -0.2) is 24.9 Å². The highest BCUT2D eigenvalue weighted by atomic mass is 19.4. The molecule has 3 aliphatic heterocycles. The standard InChI is InChI=1S/C40H49F6N11O6/c41-39(42,43)25-8-6-24(7-9-25)10-13-49-36(62)26-4-2-16-56(26)29-19-28(53-38(54-29)40(44,45)46)55-17-11-23(12-18-55)3-1-5-30(59)47-14-15-48-34-31-35(51-21-50-34)57(22-52-31)37-33(61)32(60)27(20-58)63-37/h6-9,19,21-23,26-27,32-33,37,58,60-61H,1-5,10-18,20H2,(H,47,59)(H,49,62)(H,48,50,51)/t26-,27?,32?,33?,37?/m0/s1. The first-order valence-corrected chi connectivity index (χ1v) is 20.8. The average molecular weight is 894 g/mol. The number of carbonyl (C=O) groups is 2. The number of benzene rings is 1. The number of hydrogen-bond acceptors (Lipinski definition) is 14. The van der Waals surface area contributed by atoms with E-state index < -0.39 is 66.8 Å². The average Bonchev–Trinajstić information content (AvgIpc) is 4.00. The van der Waals surface area contributed by atoms with Crippen LogP contribution in [-0.2, 0) is 33.1 Å². The number of fused-ring (bicyclic) bond motifs is 1. The third kappa shape index (κ3) is 10.9. The molecule has 3 aliphatic rings. The number of imidazole rings is 1. The van der Waals surface area contributed by atoms with Crippen LogP contribution in [0.25, 0.3) is 11.2 Å². The fourth-order valence-electron chi connectivity index (χ4n) is 8.23. The van der Waals surface area contributed by atoms with Crippen molar-refractivity contribution < 1.29 is 56.0 Å². The summed E-state index contributed by atoms with van der Waals surface area (Å²) in [5.74, 6) is -1.11. The van der Waals surface area contributed by atoms with E-state index >= 15 is 0 Å². The Balaban J connectivity index is 0.849. The Morgan fingerprint density at radius 3 is 2.30 bits per heavy atom. The highest BCUT2D eigenvalue weighted by molar-refractivity contribution is 5.86. The minimum Gasteiger partial charge on any atom is -0.394 e. The van der Waals surface area contributed by atoms with Crippen LogP contribution in [0.4, 0.5) is 43.8 Å². The van der Waals surface area contributed by atoms with Gasteiger partial charge in [0.1, 0.15) is 42.3 Å². The number of aromatic nitrogens is 6. The predicted octanol–water partition coefficient (Wildman–Crippen LogP) is 3.21. The number of nitrogens with one attached hydrogen (secondary N) is 3. The second-order valence-corrected chi connectivity index (χ2v) is 15.9. The molecule has 0 radical (unpaired) electrons. The van der Waals surface area contributed by atoms with Gasteiger partial charge in [-0.1, -0.05) is 12.1 Å². The van der Waals surface area contributed by atoms with Gasteiger partial charge in [-0.15, -0.1) is 0 Å². The van der Waals surface area contributed by atoms with Gasteiger partial charge in [-0.3, -0.25) is 14.2 Å². The molecule has 0 aliphatic carbocycles. The summed E-state index contributed by atoms with van der Waals surface area (Å²) in [4.78, 5) is 49.7. The van der Waals surface area contributed by atoms with Crippen LogP contribution in [0.15, 0.2) is 43.0 Å². The summed E-state index contributed by atoms with van der Waals surface area (Å²) < 4.78 is 88.0. The highest BCUT2D eigenvalue weighted by Gasteiger charge is 2.44. The molecule has 3 saturated heterocycles. The van der Waals surface area contributed by atoms with Crippen LogP contribution in [0, 0.1) is 5.92 Å². The maximum Gasteiger partial charge on any atom is 0.451 e. The smallest absolute Gasteiger partial charge is 0.394 e. The molecule has 342 valence electrons.